The van der Waals surface area contributed by atoms with Crippen molar-refractivity contribution in [3.8, 4) is 0 Å². The van der Waals surface area contributed by atoms with Gasteiger partial charge in [0.1, 0.15) is 0 Å². The molecular formula is C14H24N4. The van der Waals surface area contributed by atoms with Crippen molar-refractivity contribution in [3.63, 3.8) is 0 Å². The summed E-state index contributed by atoms with van der Waals surface area (Å²) in [6.45, 7) is 9.15. The van der Waals surface area contributed by atoms with Gasteiger partial charge in [0.05, 0.1) is 0 Å². The Morgan fingerprint density at radius 2 is 2.06 bits per heavy atom. The Hall–Kier alpha value is -1.03. The molecule has 2 fully saturated rings. The zero-order chi connectivity index (χ0) is 12.5. The number of aromatic amines is 1. The Morgan fingerprint density at radius 3 is 2.67 bits per heavy atom. The van der Waals surface area contributed by atoms with E-state index in [4.69, 9.17) is 0 Å². The maximum absolute atomic E-state index is 4.47. The second-order valence-electron chi connectivity index (χ2n) is 5.74. The third kappa shape index (κ3) is 2.39. The van der Waals surface area contributed by atoms with Crippen molar-refractivity contribution in [2.45, 2.75) is 45.1 Å². The van der Waals surface area contributed by atoms with Crippen molar-refractivity contribution in [1.29, 1.82) is 0 Å². The second-order valence-corrected chi connectivity index (χ2v) is 5.74. The van der Waals surface area contributed by atoms with Gasteiger partial charge in [-0.25, -0.2) is 0 Å². The van der Waals surface area contributed by atoms with Crippen LogP contribution in [0.15, 0.2) is 6.07 Å². The molecule has 1 saturated carbocycles. The maximum Gasteiger partial charge on any atom is 0.150 e. The molecule has 1 aliphatic carbocycles. The molecule has 100 valence electrons. The molecule has 3 rings (SSSR count). The highest BCUT2D eigenvalue weighted by atomic mass is 15.3. The topological polar surface area (TPSA) is 35.2 Å². The van der Waals surface area contributed by atoms with E-state index in [2.05, 4.69) is 39.9 Å². The van der Waals surface area contributed by atoms with Gasteiger partial charge >= 0.3 is 0 Å². The van der Waals surface area contributed by atoms with Crippen LogP contribution in [-0.4, -0.2) is 47.3 Å². The Morgan fingerprint density at radius 1 is 1.33 bits per heavy atom. The van der Waals surface area contributed by atoms with Crippen LogP contribution in [0.5, 0.6) is 0 Å². The Labute approximate surface area is 109 Å². The van der Waals surface area contributed by atoms with Crippen LogP contribution in [0.3, 0.4) is 0 Å². The van der Waals surface area contributed by atoms with E-state index in [0.29, 0.717) is 6.04 Å². The summed E-state index contributed by atoms with van der Waals surface area (Å²) < 4.78 is 0. The summed E-state index contributed by atoms with van der Waals surface area (Å²) >= 11 is 0. The number of hydrogen-bond acceptors (Lipinski definition) is 3. The molecule has 2 aliphatic rings. The number of nitrogens with zero attached hydrogens (tertiary/aromatic N) is 3. The molecule has 4 heteroatoms. The molecule has 1 aromatic rings. The third-order valence-corrected chi connectivity index (χ3v) is 4.45. The minimum Gasteiger partial charge on any atom is -0.353 e. The highest BCUT2D eigenvalue weighted by molar-refractivity contribution is 5.41. The highest BCUT2D eigenvalue weighted by Gasteiger charge is 2.27. The van der Waals surface area contributed by atoms with Crippen LogP contribution in [0.1, 0.15) is 44.7 Å². The zero-order valence-corrected chi connectivity index (χ0v) is 11.5. The predicted molar refractivity (Wildman–Crippen MR) is 74.1 cm³/mol. The number of hydrogen-bond donors (Lipinski definition) is 1. The third-order valence-electron chi connectivity index (χ3n) is 4.45. The molecule has 4 nitrogen and oxygen atoms in total. The van der Waals surface area contributed by atoms with E-state index in [1.54, 1.807) is 0 Å². The molecule has 0 amide bonds. The first-order valence-corrected chi connectivity index (χ1v) is 7.32. The van der Waals surface area contributed by atoms with Crippen LogP contribution < -0.4 is 4.90 Å². The molecule has 1 aromatic heterocycles. The molecule has 0 bridgehead atoms. The number of piperazine rings is 1. The van der Waals surface area contributed by atoms with Gasteiger partial charge in [-0.15, -0.1) is 0 Å². The first kappa shape index (κ1) is 12.0. The summed E-state index contributed by atoms with van der Waals surface area (Å²) in [6.07, 6.45) is 3.92. The lowest BCUT2D eigenvalue weighted by molar-refractivity contribution is 0.192. The van der Waals surface area contributed by atoms with Crippen molar-refractivity contribution >= 4 is 5.82 Å². The molecular weight excluding hydrogens is 224 g/mol. The van der Waals surface area contributed by atoms with Gasteiger partial charge in [-0.05, 0) is 26.2 Å². The zero-order valence-electron chi connectivity index (χ0n) is 11.5. The van der Waals surface area contributed by atoms with Gasteiger partial charge in [0.2, 0.25) is 0 Å². The van der Waals surface area contributed by atoms with Gasteiger partial charge in [0, 0.05) is 49.9 Å². The average Bonchev–Trinajstić information content (AvgIpc) is 3.16. The van der Waals surface area contributed by atoms with Gasteiger partial charge in [0.15, 0.2) is 5.82 Å². The van der Waals surface area contributed by atoms with Gasteiger partial charge < -0.3 is 4.90 Å². The number of H-pyrrole nitrogens is 1. The van der Waals surface area contributed by atoms with Crippen LogP contribution in [0.25, 0.3) is 0 Å². The number of aromatic nitrogens is 2. The van der Waals surface area contributed by atoms with Gasteiger partial charge in [-0.1, -0.05) is 6.92 Å². The van der Waals surface area contributed by atoms with E-state index >= 15 is 0 Å². The molecule has 0 unspecified atom stereocenters. The monoisotopic (exact) mass is 248 g/mol. The lowest BCUT2D eigenvalue weighted by Gasteiger charge is -2.37. The van der Waals surface area contributed by atoms with Crippen molar-refractivity contribution in [2.75, 3.05) is 31.1 Å². The maximum atomic E-state index is 4.47. The lowest BCUT2D eigenvalue weighted by atomic mass is 10.2. The van der Waals surface area contributed by atoms with Crippen molar-refractivity contribution in [2.24, 2.45) is 0 Å². The van der Waals surface area contributed by atoms with Gasteiger partial charge in [-0.2, -0.15) is 5.10 Å². The SMILES string of the molecule is CC[C@@H](C)N1CCN(c2cc(C3CC3)[nH]n2)CC1. The van der Waals surface area contributed by atoms with E-state index < -0.39 is 0 Å². The Balaban J connectivity index is 1.58. The fraction of sp³-hybridized carbons (Fsp3) is 0.786. The van der Waals surface area contributed by atoms with Crippen LogP contribution in [-0.2, 0) is 0 Å². The second kappa shape index (κ2) is 4.92. The van der Waals surface area contributed by atoms with E-state index in [0.717, 1.165) is 24.8 Å². The van der Waals surface area contributed by atoms with Crippen LogP contribution >= 0.6 is 0 Å². The number of rotatable bonds is 4. The average molecular weight is 248 g/mol. The summed E-state index contributed by atoms with van der Waals surface area (Å²) in [6, 6.07) is 2.98. The summed E-state index contributed by atoms with van der Waals surface area (Å²) in [4.78, 5) is 5.01. The smallest absolute Gasteiger partial charge is 0.150 e. The predicted octanol–water partition coefficient (Wildman–Crippen LogP) is 2.21. The summed E-state index contributed by atoms with van der Waals surface area (Å²) in [5, 5.41) is 7.68. The van der Waals surface area contributed by atoms with Crippen LogP contribution in [0, 0.1) is 0 Å². The quantitative estimate of drug-likeness (QED) is 0.887. The van der Waals surface area contributed by atoms with Crippen molar-refractivity contribution < 1.29 is 0 Å². The Kier molecular flexibility index (Phi) is 3.29. The fourth-order valence-electron chi connectivity index (χ4n) is 2.74. The van der Waals surface area contributed by atoms with E-state index in [1.807, 2.05) is 0 Å². The largest absolute Gasteiger partial charge is 0.353 e. The summed E-state index contributed by atoms with van der Waals surface area (Å²) in [5.41, 5.74) is 1.34. The normalized spacial score (nSPS) is 23.3. The first-order chi connectivity index (χ1) is 8.78. The molecule has 2 heterocycles. The highest BCUT2D eigenvalue weighted by Crippen LogP contribution is 2.39. The fourth-order valence-corrected chi connectivity index (χ4v) is 2.74. The Bertz CT molecular complexity index is 388. The molecule has 1 N–H and O–H groups in total. The summed E-state index contributed by atoms with van der Waals surface area (Å²) in [7, 11) is 0. The van der Waals surface area contributed by atoms with E-state index in [1.165, 1.54) is 38.0 Å². The first-order valence-electron chi connectivity index (χ1n) is 7.32. The van der Waals surface area contributed by atoms with Crippen LogP contribution in [0.2, 0.25) is 0 Å². The van der Waals surface area contributed by atoms with Crippen LogP contribution in [0.4, 0.5) is 5.82 Å². The molecule has 0 aromatic carbocycles. The minimum absolute atomic E-state index is 0.716. The van der Waals surface area contributed by atoms with E-state index in [-0.39, 0.29) is 0 Å². The molecule has 18 heavy (non-hydrogen) atoms. The standard InChI is InChI=1S/C14H24N4/c1-3-11(2)17-6-8-18(9-7-17)14-10-13(15-16-14)12-4-5-12/h10-12H,3-9H2,1-2H3,(H,15,16)/t11-/m1/s1. The van der Waals surface area contributed by atoms with Crippen molar-refractivity contribution in [1.82, 2.24) is 15.1 Å². The van der Waals surface area contributed by atoms with Gasteiger partial charge in [0.25, 0.3) is 0 Å². The van der Waals surface area contributed by atoms with Crippen molar-refractivity contribution in [3.05, 3.63) is 11.8 Å². The van der Waals surface area contributed by atoms with Gasteiger partial charge in [-0.3, -0.25) is 10.00 Å². The molecule has 1 atom stereocenters. The lowest BCUT2D eigenvalue weighted by Crippen LogP contribution is -2.49. The summed E-state index contributed by atoms with van der Waals surface area (Å²) in [5.74, 6) is 1.92. The molecule has 1 aliphatic heterocycles. The molecule has 0 spiro atoms. The van der Waals surface area contributed by atoms with E-state index in [9.17, 15) is 0 Å². The number of nitrogens with one attached hydrogen (secondary N) is 1. The minimum atomic E-state index is 0.716. The molecule has 0 radical (unpaired) electrons. The molecule has 1 saturated heterocycles. The number of anilines is 1.